The van der Waals surface area contributed by atoms with Crippen LogP contribution in [0.25, 0.3) is 0 Å². The van der Waals surface area contributed by atoms with Gasteiger partial charge in [0.05, 0.1) is 0 Å². The average Bonchev–Trinajstić information content (AvgIpc) is 1.90. The van der Waals surface area contributed by atoms with E-state index in [0.29, 0.717) is 0 Å². The maximum Gasteiger partial charge on any atom is 0.0176 e. The van der Waals surface area contributed by atoms with Crippen LogP contribution in [0.4, 0.5) is 0 Å². The van der Waals surface area contributed by atoms with E-state index < -0.39 is 0 Å². The first-order valence-electron chi connectivity index (χ1n) is 2.46. The molecule has 0 atom stereocenters. The van der Waals surface area contributed by atoms with Gasteiger partial charge in [-0.1, -0.05) is 12.2 Å². The molecule has 0 aromatic heterocycles. The summed E-state index contributed by atoms with van der Waals surface area (Å²) in [5, 5.41) is 3.05. The van der Waals surface area contributed by atoms with Crippen LogP contribution in [0.1, 0.15) is 6.42 Å². The summed E-state index contributed by atoms with van der Waals surface area (Å²) in [6.07, 6.45) is 9.91. The summed E-state index contributed by atoms with van der Waals surface area (Å²) in [4.78, 5) is 0. The number of hydrogen-bond donors (Lipinski definition) is 1. The van der Waals surface area contributed by atoms with Crippen LogP contribution in [0.5, 0.6) is 0 Å². The van der Waals surface area contributed by atoms with Crippen molar-refractivity contribution in [3.8, 4) is 0 Å². The lowest BCUT2D eigenvalue weighted by atomic mass is 10.4. The van der Waals surface area contributed by atoms with Crippen molar-refractivity contribution in [3.63, 3.8) is 0 Å². The first kappa shape index (κ1) is 4.44. The van der Waals surface area contributed by atoms with E-state index in [9.17, 15) is 0 Å². The molecular weight excluding hydrogens is 86.1 g/mol. The number of hydrogen-bond acceptors (Lipinski definition) is 1. The van der Waals surface area contributed by atoms with Gasteiger partial charge in [-0.15, -0.1) is 0 Å². The first-order valence-corrected chi connectivity index (χ1v) is 2.46. The maximum absolute atomic E-state index is 3.05. The lowest BCUT2D eigenvalue weighted by Gasteiger charge is -1.88. The highest BCUT2D eigenvalue weighted by Gasteiger charge is 1.79. The zero-order valence-electron chi connectivity index (χ0n) is 4.15. The summed E-state index contributed by atoms with van der Waals surface area (Å²) < 4.78 is 0. The van der Waals surface area contributed by atoms with Crippen molar-refractivity contribution in [2.24, 2.45) is 0 Å². The quantitative estimate of drug-likeness (QED) is 0.469. The lowest BCUT2D eigenvalue weighted by Crippen LogP contribution is -2.03. The number of rotatable bonds is 0. The lowest BCUT2D eigenvalue weighted by molar-refractivity contribution is 0.859. The Kier molecular flexibility index (Phi) is 1.56. The fourth-order valence-corrected chi connectivity index (χ4v) is 0.497. The van der Waals surface area contributed by atoms with Crippen molar-refractivity contribution in [2.75, 3.05) is 6.54 Å². The molecule has 7 heavy (non-hydrogen) atoms. The molecule has 0 bridgehead atoms. The Bertz CT molecular complexity index is 80.4. The Morgan fingerprint density at radius 3 is 3.57 bits per heavy atom. The van der Waals surface area contributed by atoms with Gasteiger partial charge in [-0.3, -0.25) is 0 Å². The van der Waals surface area contributed by atoms with Crippen LogP contribution in [0.3, 0.4) is 0 Å². The minimum absolute atomic E-state index is 1.05. The van der Waals surface area contributed by atoms with E-state index >= 15 is 0 Å². The standard InChI is InChI=1S/C6H8N/c1-2-4-6-7-5-3-1/h1-2,6-7H,3,5H2. The molecule has 1 heteroatoms. The average molecular weight is 94.1 g/mol. The predicted octanol–water partition coefficient (Wildman–Crippen LogP) is 0.853. The van der Waals surface area contributed by atoms with Gasteiger partial charge < -0.3 is 5.32 Å². The second-order valence-electron chi connectivity index (χ2n) is 1.46. The molecular formula is C6H8N. The van der Waals surface area contributed by atoms with Gasteiger partial charge >= 0.3 is 0 Å². The molecule has 0 unspecified atom stereocenters. The SMILES string of the molecule is [C]1=CNCCC=C1. The Balaban J connectivity index is 2.39. The Morgan fingerprint density at radius 1 is 1.57 bits per heavy atom. The molecule has 1 heterocycles. The molecule has 1 N–H and O–H groups in total. The van der Waals surface area contributed by atoms with E-state index in [1.165, 1.54) is 0 Å². The molecule has 0 aromatic carbocycles. The predicted molar refractivity (Wildman–Crippen MR) is 29.6 cm³/mol. The van der Waals surface area contributed by atoms with E-state index in [1.807, 2.05) is 12.3 Å². The molecule has 1 nitrogen and oxygen atoms in total. The normalized spacial score (nSPS) is 18.3. The van der Waals surface area contributed by atoms with Gasteiger partial charge in [0.2, 0.25) is 0 Å². The Morgan fingerprint density at radius 2 is 2.57 bits per heavy atom. The van der Waals surface area contributed by atoms with Crippen LogP contribution < -0.4 is 5.32 Å². The minimum atomic E-state index is 1.05. The zero-order chi connectivity index (χ0) is 4.95. The van der Waals surface area contributed by atoms with Crippen molar-refractivity contribution >= 4 is 0 Å². The zero-order valence-corrected chi connectivity index (χ0v) is 4.15. The number of allylic oxidation sites excluding steroid dienone is 2. The molecule has 1 aliphatic heterocycles. The molecule has 0 aliphatic carbocycles. The Hall–Kier alpha value is -0.720. The van der Waals surface area contributed by atoms with Crippen LogP contribution in [-0.4, -0.2) is 6.54 Å². The van der Waals surface area contributed by atoms with E-state index in [1.54, 1.807) is 0 Å². The van der Waals surface area contributed by atoms with E-state index in [4.69, 9.17) is 0 Å². The minimum Gasteiger partial charge on any atom is -0.390 e. The van der Waals surface area contributed by atoms with Crippen molar-refractivity contribution < 1.29 is 0 Å². The topological polar surface area (TPSA) is 12.0 Å². The van der Waals surface area contributed by atoms with Crippen LogP contribution >= 0.6 is 0 Å². The molecule has 1 rings (SSSR count). The Labute approximate surface area is 43.7 Å². The molecule has 0 saturated carbocycles. The molecule has 1 aliphatic rings. The molecule has 0 spiro atoms. The molecule has 0 saturated heterocycles. The monoisotopic (exact) mass is 94.1 g/mol. The molecule has 37 valence electrons. The molecule has 1 radical (unpaired) electrons. The summed E-state index contributed by atoms with van der Waals surface area (Å²) >= 11 is 0. The summed E-state index contributed by atoms with van der Waals surface area (Å²) in [7, 11) is 0. The van der Waals surface area contributed by atoms with E-state index in [-0.39, 0.29) is 0 Å². The van der Waals surface area contributed by atoms with Crippen molar-refractivity contribution in [1.29, 1.82) is 0 Å². The van der Waals surface area contributed by atoms with Gasteiger partial charge in [-0.05, 0) is 12.5 Å². The summed E-state index contributed by atoms with van der Waals surface area (Å²) in [5.74, 6) is 0. The largest absolute Gasteiger partial charge is 0.390 e. The highest BCUT2D eigenvalue weighted by molar-refractivity contribution is 4.97. The smallest absolute Gasteiger partial charge is 0.0176 e. The van der Waals surface area contributed by atoms with Gasteiger partial charge in [0.1, 0.15) is 0 Å². The summed E-state index contributed by atoms with van der Waals surface area (Å²) in [6.45, 7) is 1.05. The third-order valence-corrected chi connectivity index (χ3v) is 0.855. The van der Waals surface area contributed by atoms with Gasteiger partial charge in [-0.2, -0.15) is 0 Å². The second-order valence-corrected chi connectivity index (χ2v) is 1.46. The third kappa shape index (κ3) is 1.44. The van der Waals surface area contributed by atoms with Gasteiger partial charge in [-0.25, -0.2) is 0 Å². The van der Waals surface area contributed by atoms with Crippen LogP contribution in [0.15, 0.2) is 18.4 Å². The van der Waals surface area contributed by atoms with Crippen molar-refractivity contribution in [3.05, 3.63) is 24.4 Å². The van der Waals surface area contributed by atoms with Crippen LogP contribution in [0.2, 0.25) is 0 Å². The van der Waals surface area contributed by atoms with E-state index in [0.717, 1.165) is 13.0 Å². The number of nitrogens with one attached hydrogen (secondary N) is 1. The first-order chi connectivity index (χ1) is 3.50. The highest BCUT2D eigenvalue weighted by Crippen LogP contribution is 1.84. The van der Waals surface area contributed by atoms with Gasteiger partial charge in [0.15, 0.2) is 0 Å². The second kappa shape index (κ2) is 2.45. The fourth-order valence-electron chi connectivity index (χ4n) is 0.497. The molecule has 0 aromatic rings. The van der Waals surface area contributed by atoms with Crippen LogP contribution in [-0.2, 0) is 0 Å². The molecule has 0 amide bonds. The third-order valence-electron chi connectivity index (χ3n) is 0.855. The highest BCUT2D eigenvalue weighted by atomic mass is 14.8. The summed E-state index contributed by atoms with van der Waals surface area (Å²) in [6, 6.07) is 0. The van der Waals surface area contributed by atoms with Crippen LogP contribution in [0, 0.1) is 6.08 Å². The van der Waals surface area contributed by atoms with E-state index in [2.05, 4.69) is 17.5 Å². The maximum atomic E-state index is 3.05. The fraction of sp³-hybridized carbons (Fsp3) is 0.333. The molecule has 0 fully saturated rings. The van der Waals surface area contributed by atoms with Gasteiger partial charge in [0, 0.05) is 12.7 Å². The summed E-state index contributed by atoms with van der Waals surface area (Å²) in [5.41, 5.74) is 0. The van der Waals surface area contributed by atoms with Gasteiger partial charge in [0.25, 0.3) is 0 Å². The van der Waals surface area contributed by atoms with Crippen molar-refractivity contribution in [2.45, 2.75) is 6.42 Å². The van der Waals surface area contributed by atoms with Crippen molar-refractivity contribution in [1.82, 2.24) is 5.32 Å².